The third kappa shape index (κ3) is 4.57. The second kappa shape index (κ2) is 9.32. The van der Waals surface area contributed by atoms with Crippen molar-refractivity contribution in [2.45, 2.75) is 57.9 Å². The topological polar surface area (TPSA) is 50.5 Å². The summed E-state index contributed by atoms with van der Waals surface area (Å²) in [6.07, 6.45) is 7.32. The van der Waals surface area contributed by atoms with Gasteiger partial charge in [-0.15, -0.1) is 0 Å². The molecule has 0 spiro atoms. The molecule has 1 aromatic heterocycles. The van der Waals surface area contributed by atoms with E-state index in [4.69, 9.17) is 9.72 Å². The van der Waals surface area contributed by atoms with Crippen molar-refractivity contribution >= 4 is 0 Å². The van der Waals surface area contributed by atoms with Crippen molar-refractivity contribution in [2.24, 2.45) is 11.8 Å². The number of imidazole rings is 1. The number of piperidine rings is 1. The maximum absolute atomic E-state index is 12.1. The van der Waals surface area contributed by atoms with Crippen molar-refractivity contribution in [1.82, 2.24) is 14.5 Å². The van der Waals surface area contributed by atoms with E-state index in [1.165, 1.54) is 17.5 Å². The van der Waals surface area contributed by atoms with Crippen LogP contribution in [-0.4, -0.2) is 38.8 Å². The Balaban J connectivity index is 1.32. The van der Waals surface area contributed by atoms with Gasteiger partial charge in [-0.2, -0.15) is 0 Å². The smallest absolute Gasteiger partial charge is 0.141 e. The van der Waals surface area contributed by atoms with E-state index in [1.54, 1.807) is 0 Å². The third-order valence-corrected chi connectivity index (χ3v) is 7.28. The predicted octanol–water partition coefficient (Wildman–Crippen LogP) is 4.84. The minimum atomic E-state index is -0.859. The van der Waals surface area contributed by atoms with Crippen LogP contribution in [0.1, 0.15) is 50.1 Å². The highest BCUT2D eigenvalue weighted by Gasteiger charge is 2.53. The van der Waals surface area contributed by atoms with Crippen molar-refractivity contribution in [2.75, 3.05) is 13.1 Å². The summed E-state index contributed by atoms with van der Waals surface area (Å²) in [7, 11) is 0. The molecule has 2 fully saturated rings. The quantitative estimate of drug-likeness (QED) is 0.566. The Morgan fingerprint density at radius 3 is 2.30 bits per heavy atom. The second-order valence-corrected chi connectivity index (χ2v) is 10.0. The maximum atomic E-state index is 12.1. The summed E-state index contributed by atoms with van der Waals surface area (Å²) >= 11 is 0. The lowest BCUT2D eigenvalue weighted by Gasteiger charge is -2.52. The van der Waals surface area contributed by atoms with Crippen LogP contribution in [0.5, 0.6) is 5.75 Å². The van der Waals surface area contributed by atoms with E-state index < -0.39 is 5.60 Å². The zero-order chi connectivity index (χ0) is 22.8. The number of likely N-dealkylation sites (tertiary alicyclic amines) is 1. The van der Waals surface area contributed by atoms with Crippen LogP contribution in [0.15, 0.2) is 67.0 Å². The lowest BCUT2D eigenvalue weighted by Crippen LogP contribution is -2.58. The van der Waals surface area contributed by atoms with Gasteiger partial charge in [-0.3, -0.25) is 4.90 Å². The second-order valence-electron chi connectivity index (χ2n) is 10.0. The monoisotopic (exact) mass is 445 g/mol. The molecule has 1 aliphatic heterocycles. The molecular weight excluding hydrogens is 410 g/mol. The molecular formula is C28H35N3O2. The first-order valence-electron chi connectivity index (χ1n) is 12.3. The highest BCUT2D eigenvalue weighted by atomic mass is 16.5. The number of hydrogen-bond donors (Lipinski definition) is 1. The molecule has 1 saturated carbocycles. The zero-order valence-electron chi connectivity index (χ0n) is 19.7. The number of rotatable bonds is 7. The number of aromatic nitrogens is 2. The summed E-state index contributed by atoms with van der Waals surface area (Å²) in [6, 6.07) is 18.9. The third-order valence-electron chi connectivity index (χ3n) is 7.28. The average molecular weight is 446 g/mol. The van der Waals surface area contributed by atoms with E-state index in [9.17, 15) is 5.11 Å². The highest BCUT2D eigenvalue weighted by Crippen LogP contribution is 2.49. The van der Waals surface area contributed by atoms with Crippen LogP contribution in [0.4, 0.5) is 0 Å². The minimum absolute atomic E-state index is 0.185. The van der Waals surface area contributed by atoms with Gasteiger partial charge in [-0.05, 0) is 49.9 Å². The Morgan fingerprint density at radius 1 is 0.970 bits per heavy atom. The molecule has 0 radical (unpaired) electrons. The van der Waals surface area contributed by atoms with Crippen LogP contribution in [0.25, 0.3) is 0 Å². The van der Waals surface area contributed by atoms with E-state index in [0.29, 0.717) is 0 Å². The molecule has 1 aliphatic carbocycles. The first-order valence-corrected chi connectivity index (χ1v) is 12.3. The van der Waals surface area contributed by atoms with Crippen LogP contribution < -0.4 is 4.74 Å². The average Bonchev–Trinajstić information content (AvgIpc) is 3.25. The number of fused-ring (bicyclic) bond motifs is 2. The van der Waals surface area contributed by atoms with Crippen molar-refractivity contribution < 1.29 is 9.84 Å². The molecule has 5 rings (SSSR count). The van der Waals surface area contributed by atoms with Crippen LogP contribution in [0.3, 0.4) is 0 Å². The SMILES string of the molecule is CC(C)Oc1ccc(CN2C[C@H]3CCC[C@H](C2)C3(O)c2nccn2Cc2ccccc2)cc1. The van der Waals surface area contributed by atoms with Crippen LogP contribution in [-0.2, 0) is 18.7 Å². The van der Waals surface area contributed by atoms with Crippen LogP contribution in [0, 0.1) is 11.8 Å². The van der Waals surface area contributed by atoms with Crippen molar-refractivity contribution in [3.63, 3.8) is 0 Å². The molecule has 1 N–H and O–H groups in total. The van der Waals surface area contributed by atoms with Gasteiger partial charge in [-0.1, -0.05) is 48.9 Å². The van der Waals surface area contributed by atoms with Gasteiger partial charge in [0.25, 0.3) is 0 Å². The lowest BCUT2D eigenvalue weighted by atomic mass is 9.65. The predicted molar refractivity (Wildman–Crippen MR) is 130 cm³/mol. The van der Waals surface area contributed by atoms with Gasteiger partial charge in [-0.25, -0.2) is 4.98 Å². The summed E-state index contributed by atoms with van der Waals surface area (Å²) in [5.74, 6) is 2.16. The number of ether oxygens (including phenoxy) is 1. The fourth-order valence-electron chi connectivity index (χ4n) is 5.81. The van der Waals surface area contributed by atoms with Gasteiger partial charge in [0.05, 0.1) is 6.10 Å². The molecule has 2 bridgehead atoms. The first-order chi connectivity index (χ1) is 16.0. The molecule has 33 heavy (non-hydrogen) atoms. The van der Waals surface area contributed by atoms with Crippen LogP contribution >= 0.6 is 0 Å². The van der Waals surface area contributed by atoms with Gasteiger partial charge in [0, 0.05) is 50.4 Å². The first kappa shape index (κ1) is 22.2. The number of hydrogen-bond acceptors (Lipinski definition) is 4. The molecule has 2 aromatic carbocycles. The summed E-state index contributed by atoms with van der Waals surface area (Å²) < 4.78 is 7.94. The van der Waals surface area contributed by atoms with Gasteiger partial charge in [0.1, 0.15) is 17.2 Å². The molecule has 2 heterocycles. The van der Waals surface area contributed by atoms with E-state index in [0.717, 1.165) is 50.6 Å². The fraction of sp³-hybridized carbons (Fsp3) is 0.464. The van der Waals surface area contributed by atoms with Crippen molar-refractivity contribution in [1.29, 1.82) is 0 Å². The lowest BCUT2D eigenvalue weighted by molar-refractivity contribution is -0.155. The Hall–Kier alpha value is -2.63. The van der Waals surface area contributed by atoms with Gasteiger partial charge in [0.2, 0.25) is 0 Å². The largest absolute Gasteiger partial charge is 0.491 e. The summed E-state index contributed by atoms with van der Waals surface area (Å²) in [5, 5.41) is 12.1. The van der Waals surface area contributed by atoms with E-state index in [2.05, 4.69) is 58.0 Å². The maximum Gasteiger partial charge on any atom is 0.141 e. The molecule has 0 amide bonds. The van der Waals surface area contributed by atoms with E-state index in [1.807, 2.05) is 32.3 Å². The minimum Gasteiger partial charge on any atom is -0.491 e. The molecule has 2 aliphatic rings. The number of benzene rings is 2. The molecule has 5 nitrogen and oxygen atoms in total. The Labute approximate surface area is 197 Å². The highest BCUT2D eigenvalue weighted by molar-refractivity contribution is 5.28. The van der Waals surface area contributed by atoms with E-state index in [-0.39, 0.29) is 17.9 Å². The number of aliphatic hydroxyl groups is 1. The standard InChI is InChI=1S/C28H35N3O2/c1-21(2)33-26-13-11-23(12-14-26)17-30-19-24-9-6-10-25(20-30)28(24,32)27-29-15-16-31(27)18-22-7-4-3-5-8-22/h3-5,7-8,11-16,21,24-25,32H,6,9-10,17-20H2,1-2H3/t24-,25-/m1/s1. The molecule has 3 aromatic rings. The zero-order valence-corrected chi connectivity index (χ0v) is 19.7. The van der Waals surface area contributed by atoms with Crippen LogP contribution in [0.2, 0.25) is 0 Å². The number of nitrogens with zero attached hydrogens (tertiary/aromatic N) is 3. The fourth-order valence-corrected chi connectivity index (χ4v) is 5.81. The normalized spacial score (nSPS) is 25.3. The summed E-state index contributed by atoms with van der Waals surface area (Å²) in [5.41, 5.74) is 1.66. The molecule has 174 valence electrons. The molecule has 5 heteroatoms. The van der Waals surface area contributed by atoms with Gasteiger partial charge in [0.15, 0.2) is 0 Å². The van der Waals surface area contributed by atoms with E-state index >= 15 is 0 Å². The Bertz CT molecular complexity index is 1030. The molecule has 2 atom stereocenters. The molecule has 0 unspecified atom stereocenters. The summed E-state index contributed by atoms with van der Waals surface area (Å²) in [4.78, 5) is 7.23. The van der Waals surface area contributed by atoms with Crippen molar-refractivity contribution in [3.8, 4) is 5.75 Å². The van der Waals surface area contributed by atoms with Gasteiger partial charge < -0.3 is 14.4 Å². The Morgan fingerprint density at radius 2 is 1.64 bits per heavy atom. The Kier molecular flexibility index (Phi) is 6.26. The van der Waals surface area contributed by atoms with Crippen molar-refractivity contribution in [3.05, 3.63) is 83.9 Å². The van der Waals surface area contributed by atoms with Gasteiger partial charge >= 0.3 is 0 Å². The summed E-state index contributed by atoms with van der Waals surface area (Å²) in [6.45, 7) is 7.54. The molecule has 1 saturated heterocycles.